The zero-order valence-corrected chi connectivity index (χ0v) is 6.68. The average molecular weight is 173 g/mol. The Bertz CT molecular complexity index is 357. The molecule has 0 aliphatic heterocycles. The Kier molecular flexibility index (Phi) is 1.77. The summed E-state index contributed by atoms with van der Waals surface area (Å²) in [5.41, 5.74) is 4.11. The summed E-state index contributed by atoms with van der Waals surface area (Å²) in [5.74, 6) is 0. The average Bonchev–Trinajstić information content (AvgIpc) is 1.97. The lowest BCUT2D eigenvalue weighted by atomic mass is 10.5. The molecule has 0 saturated heterocycles. The molecule has 0 amide bonds. The van der Waals surface area contributed by atoms with E-state index in [1.54, 1.807) is 0 Å². The summed E-state index contributed by atoms with van der Waals surface area (Å²) >= 11 is 3.87. The molecule has 0 bridgehead atoms. The Morgan fingerprint density at radius 3 is 2.64 bits per heavy atom. The largest absolute Gasteiger partial charge is 0.392 e. The molecular weight excluding hydrogens is 166 g/mol. The van der Waals surface area contributed by atoms with E-state index in [1.807, 2.05) is 4.98 Å². The molecule has 0 saturated carbocycles. The molecule has 1 aromatic rings. The number of aromatic amines is 1. The van der Waals surface area contributed by atoms with Crippen molar-refractivity contribution in [3.05, 3.63) is 20.8 Å². The normalized spacial score (nSPS) is 10.0. The second-order valence-corrected chi connectivity index (χ2v) is 2.48. The zero-order valence-electron chi connectivity index (χ0n) is 5.79. The molecule has 6 heteroatoms. The third kappa shape index (κ3) is 1.16. The number of hydrogen-bond acceptors (Lipinski definition) is 4. The molecule has 0 aliphatic rings. The molecule has 3 N–H and O–H groups in total. The number of nitrogen functional groups attached to an aromatic ring is 1. The first-order valence-corrected chi connectivity index (χ1v) is 3.26. The Balaban J connectivity index is 3.73. The lowest BCUT2D eigenvalue weighted by molar-refractivity contribution is 0.725. The standard InChI is InChI=1S/C5H7N3O2S/c1-8-4(11)2(6)3(9)7-5(8)10/h11H,6H2,1H3,(H,7,9,10). The van der Waals surface area contributed by atoms with Crippen LogP contribution in [0.25, 0.3) is 0 Å². The highest BCUT2D eigenvalue weighted by Gasteiger charge is 2.03. The molecule has 0 atom stereocenters. The molecule has 1 aromatic heterocycles. The predicted molar refractivity (Wildman–Crippen MR) is 44.0 cm³/mol. The second-order valence-electron chi connectivity index (χ2n) is 2.06. The van der Waals surface area contributed by atoms with Crippen LogP contribution in [0.1, 0.15) is 0 Å². The first-order valence-electron chi connectivity index (χ1n) is 2.81. The van der Waals surface area contributed by atoms with Gasteiger partial charge in [0.2, 0.25) is 0 Å². The van der Waals surface area contributed by atoms with Crippen LogP contribution in [-0.4, -0.2) is 9.55 Å². The van der Waals surface area contributed by atoms with Gasteiger partial charge in [-0.2, -0.15) is 0 Å². The fourth-order valence-corrected chi connectivity index (χ4v) is 0.819. The van der Waals surface area contributed by atoms with E-state index in [2.05, 4.69) is 12.6 Å². The number of anilines is 1. The van der Waals surface area contributed by atoms with Crippen molar-refractivity contribution in [1.82, 2.24) is 9.55 Å². The van der Waals surface area contributed by atoms with Crippen LogP contribution >= 0.6 is 12.6 Å². The van der Waals surface area contributed by atoms with Gasteiger partial charge in [0.15, 0.2) is 0 Å². The van der Waals surface area contributed by atoms with Crippen molar-refractivity contribution < 1.29 is 0 Å². The van der Waals surface area contributed by atoms with Crippen LogP contribution in [0.4, 0.5) is 5.69 Å². The van der Waals surface area contributed by atoms with E-state index in [0.717, 1.165) is 4.57 Å². The molecule has 0 aromatic carbocycles. The van der Waals surface area contributed by atoms with Gasteiger partial charge in [-0.1, -0.05) is 0 Å². The summed E-state index contributed by atoms with van der Waals surface area (Å²) in [5, 5.41) is 0.179. The van der Waals surface area contributed by atoms with E-state index >= 15 is 0 Å². The maximum absolute atomic E-state index is 10.8. The van der Waals surface area contributed by atoms with Gasteiger partial charge in [-0.3, -0.25) is 14.3 Å². The molecule has 0 aliphatic carbocycles. The zero-order chi connectivity index (χ0) is 8.59. The quantitative estimate of drug-likeness (QED) is 0.345. The monoisotopic (exact) mass is 173 g/mol. The smallest absolute Gasteiger partial charge is 0.329 e. The lowest BCUT2D eigenvalue weighted by Gasteiger charge is -2.01. The molecule has 0 radical (unpaired) electrons. The van der Waals surface area contributed by atoms with Gasteiger partial charge in [0.25, 0.3) is 5.56 Å². The van der Waals surface area contributed by atoms with Gasteiger partial charge in [0, 0.05) is 7.05 Å². The highest BCUT2D eigenvalue weighted by atomic mass is 32.1. The molecule has 0 spiro atoms. The third-order valence-electron chi connectivity index (χ3n) is 1.33. The number of H-pyrrole nitrogens is 1. The van der Waals surface area contributed by atoms with Gasteiger partial charge >= 0.3 is 5.69 Å². The Morgan fingerprint density at radius 2 is 2.09 bits per heavy atom. The summed E-state index contributed by atoms with van der Waals surface area (Å²) in [6, 6.07) is 0. The maximum atomic E-state index is 10.8. The molecule has 60 valence electrons. The van der Waals surface area contributed by atoms with Gasteiger partial charge in [0.05, 0.1) is 0 Å². The first kappa shape index (κ1) is 7.93. The minimum atomic E-state index is -0.599. The number of nitrogens with one attached hydrogen (secondary N) is 1. The summed E-state index contributed by atoms with van der Waals surface area (Å²) in [7, 11) is 1.47. The highest BCUT2D eigenvalue weighted by Crippen LogP contribution is 2.05. The van der Waals surface area contributed by atoms with Crippen molar-refractivity contribution in [2.75, 3.05) is 5.73 Å². The van der Waals surface area contributed by atoms with Crippen molar-refractivity contribution in [2.45, 2.75) is 5.03 Å². The summed E-state index contributed by atoms with van der Waals surface area (Å²) in [4.78, 5) is 23.6. The second kappa shape index (κ2) is 2.46. The summed E-state index contributed by atoms with van der Waals surface area (Å²) < 4.78 is 1.15. The van der Waals surface area contributed by atoms with Crippen molar-refractivity contribution in [3.63, 3.8) is 0 Å². The number of nitrogens with two attached hydrogens (primary N) is 1. The molecule has 0 unspecified atom stereocenters. The van der Waals surface area contributed by atoms with Crippen LogP contribution in [0.15, 0.2) is 14.6 Å². The predicted octanol–water partition coefficient (Wildman–Crippen LogP) is -1.06. The maximum Gasteiger partial charge on any atom is 0.329 e. The van der Waals surface area contributed by atoms with E-state index in [1.165, 1.54) is 7.05 Å². The van der Waals surface area contributed by atoms with Crippen molar-refractivity contribution in [1.29, 1.82) is 0 Å². The van der Waals surface area contributed by atoms with E-state index in [-0.39, 0.29) is 10.7 Å². The number of rotatable bonds is 0. The van der Waals surface area contributed by atoms with Crippen LogP contribution in [-0.2, 0) is 7.05 Å². The molecule has 1 rings (SSSR count). The minimum absolute atomic E-state index is 0.0459. The van der Waals surface area contributed by atoms with Crippen molar-refractivity contribution >= 4 is 18.3 Å². The van der Waals surface area contributed by atoms with E-state index in [4.69, 9.17) is 5.73 Å². The fourth-order valence-electron chi connectivity index (χ4n) is 0.627. The lowest BCUT2D eigenvalue weighted by Crippen LogP contribution is -2.30. The van der Waals surface area contributed by atoms with E-state index in [0.29, 0.717) is 0 Å². The molecule has 5 nitrogen and oxygen atoms in total. The number of hydrogen-bond donors (Lipinski definition) is 3. The van der Waals surface area contributed by atoms with Crippen LogP contribution in [0.2, 0.25) is 0 Å². The summed E-state index contributed by atoms with van der Waals surface area (Å²) in [6.45, 7) is 0. The van der Waals surface area contributed by atoms with Crippen molar-refractivity contribution in [3.8, 4) is 0 Å². The van der Waals surface area contributed by atoms with Gasteiger partial charge in [-0.15, -0.1) is 12.6 Å². The topological polar surface area (TPSA) is 80.9 Å². The highest BCUT2D eigenvalue weighted by molar-refractivity contribution is 7.80. The number of aromatic nitrogens is 2. The minimum Gasteiger partial charge on any atom is -0.392 e. The van der Waals surface area contributed by atoms with Gasteiger partial charge in [0.1, 0.15) is 10.7 Å². The van der Waals surface area contributed by atoms with Crippen LogP contribution in [0.5, 0.6) is 0 Å². The van der Waals surface area contributed by atoms with E-state index < -0.39 is 11.2 Å². The Labute approximate surface area is 67.3 Å². The molecular formula is C5H7N3O2S. The first-order chi connectivity index (χ1) is 5.04. The number of thiol groups is 1. The molecule has 1 heterocycles. The van der Waals surface area contributed by atoms with Gasteiger partial charge in [-0.25, -0.2) is 4.79 Å². The Hall–Kier alpha value is -1.17. The Morgan fingerprint density at radius 1 is 1.55 bits per heavy atom. The van der Waals surface area contributed by atoms with Gasteiger partial charge in [-0.05, 0) is 0 Å². The van der Waals surface area contributed by atoms with Crippen molar-refractivity contribution in [2.24, 2.45) is 7.05 Å². The third-order valence-corrected chi connectivity index (χ3v) is 1.87. The van der Waals surface area contributed by atoms with Crippen LogP contribution in [0.3, 0.4) is 0 Å². The van der Waals surface area contributed by atoms with Crippen LogP contribution in [0, 0.1) is 0 Å². The summed E-state index contributed by atoms with van der Waals surface area (Å²) in [6.07, 6.45) is 0. The number of nitrogens with zero attached hydrogens (tertiary/aromatic N) is 1. The fraction of sp³-hybridized carbons (Fsp3) is 0.200. The molecule has 11 heavy (non-hydrogen) atoms. The molecule has 0 fully saturated rings. The van der Waals surface area contributed by atoms with Crippen LogP contribution < -0.4 is 17.0 Å². The van der Waals surface area contributed by atoms with Gasteiger partial charge < -0.3 is 5.73 Å². The SMILES string of the molecule is Cn1c(S)c(N)c(=O)[nH]c1=O. The van der Waals surface area contributed by atoms with E-state index in [9.17, 15) is 9.59 Å².